The summed E-state index contributed by atoms with van der Waals surface area (Å²) in [4.78, 5) is 17.7. The van der Waals surface area contributed by atoms with Crippen LogP contribution in [-0.4, -0.2) is 61.6 Å². The first-order valence-corrected chi connectivity index (χ1v) is 11.6. The van der Waals surface area contributed by atoms with E-state index < -0.39 is 0 Å². The van der Waals surface area contributed by atoms with Crippen LogP contribution < -0.4 is 0 Å². The van der Waals surface area contributed by atoms with Crippen LogP contribution >= 0.6 is 0 Å². The van der Waals surface area contributed by atoms with Gasteiger partial charge in [-0.15, -0.1) is 5.10 Å². The summed E-state index contributed by atoms with van der Waals surface area (Å²) in [6.45, 7) is 3.85. The Labute approximate surface area is 178 Å². The van der Waals surface area contributed by atoms with Gasteiger partial charge < -0.3 is 4.90 Å². The van der Waals surface area contributed by atoms with Crippen molar-refractivity contribution in [1.29, 1.82) is 0 Å². The van der Waals surface area contributed by atoms with Gasteiger partial charge in [-0.2, -0.15) is 4.68 Å². The molecule has 0 radical (unpaired) electrons. The molecule has 7 nitrogen and oxygen atoms in total. The number of nitrogens with zero attached hydrogens (tertiary/aromatic N) is 6. The van der Waals surface area contributed by atoms with Crippen molar-refractivity contribution < 1.29 is 4.79 Å². The maximum Gasteiger partial charge on any atom is 0.225 e. The molecule has 30 heavy (non-hydrogen) atoms. The second-order valence-electron chi connectivity index (χ2n) is 9.18. The molecular formula is C23H32N6O. The molecule has 1 saturated carbocycles. The molecule has 0 N–H and O–H groups in total. The normalized spacial score (nSPS) is 24.0. The number of likely N-dealkylation sites (tertiary alicyclic amines) is 2. The van der Waals surface area contributed by atoms with Gasteiger partial charge in [0.05, 0.1) is 12.2 Å². The minimum atomic E-state index is 0.336. The molecule has 2 aromatic rings. The number of rotatable bonds is 5. The number of carbonyl (C=O) groups is 1. The van der Waals surface area contributed by atoms with Gasteiger partial charge in [0.15, 0.2) is 5.82 Å². The summed E-state index contributed by atoms with van der Waals surface area (Å²) in [6, 6.07) is 10.5. The van der Waals surface area contributed by atoms with E-state index in [1.165, 1.54) is 25.7 Å². The van der Waals surface area contributed by atoms with E-state index in [1.807, 2.05) is 35.0 Å². The molecule has 1 aliphatic carbocycles. The monoisotopic (exact) mass is 408 g/mol. The standard InChI is InChI=1S/C23H32N6O/c30-23(19-10-11-19)28-14-6-2-5-9-21(28)18-12-15-27(16-13-18)17-22-24-25-26-29(22)20-7-3-1-4-8-20/h1,3-4,7-8,18-19,21H,2,5-6,9-17H2. The summed E-state index contributed by atoms with van der Waals surface area (Å²) >= 11 is 0. The molecule has 160 valence electrons. The largest absolute Gasteiger partial charge is 0.339 e. The van der Waals surface area contributed by atoms with Crippen LogP contribution in [0.15, 0.2) is 30.3 Å². The third kappa shape index (κ3) is 4.26. The smallest absolute Gasteiger partial charge is 0.225 e. The second kappa shape index (κ2) is 8.84. The Morgan fingerprint density at radius 3 is 2.50 bits per heavy atom. The van der Waals surface area contributed by atoms with Gasteiger partial charge in [-0.3, -0.25) is 9.69 Å². The first-order chi connectivity index (χ1) is 14.8. The molecule has 0 spiro atoms. The van der Waals surface area contributed by atoms with Gasteiger partial charge in [0.25, 0.3) is 0 Å². The first-order valence-electron chi connectivity index (χ1n) is 11.6. The molecule has 3 fully saturated rings. The molecule has 2 aliphatic heterocycles. The van der Waals surface area contributed by atoms with Crippen LogP contribution in [0.5, 0.6) is 0 Å². The minimum absolute atomic E-state index is 0.336. The zero-order valence-corrected chi connectivity index (χ0v) is 17.7. The fourth-order valence-electron chi connectivity index (χ4n) is 5.23. The van der Waals surface area contributed by atoms with Crippen molar-refractivity contribution in [3.63, 3.8) is 0 Å². The predicted octanol–water partition coefficient (Wildman–Crippen LogP) is 3.06. The van der Waals surface area contributed by atoms with Gasteiger partial charge in [-0.1, -0.05) is 31.0 Å². The molecule has 2 saturated heterocycles. The first kappa shape index (κ1) is 19.7. The maximum atomic E-state index is 12.9. The Morgan fingerprint density at radius 1 is 0.933 bits per heavy atom. The van der Waals surface area contributed by atoms with Crippen molar-refractivity contribution in [3.8, 4) is 5.69 Å². The topological polar surface area (TPSA) is 67.2 Å². The maximum absolute atomic E-state index is 12.9. The van der Waals surface area contributed by atoms with Gasteiger partial charge in [-0.25, -0.2) is 0 Å². The second-order valence-corrected chi connectivity index (χ2v) is 9.18. The molecular weight excluding hydrogens is 376 g/mol. The van der Waals surface area contributed by atoms with E-state index in [-0.39, 0.29) is 0 Å². The lowest BCUT2D eigenvalue weighted by Gasteiger charge is -2.40. The number of benzene rings is 1. The molecule has 1 amide bonds. The molecule has 1 atom stereocenters. The molecule has 1 unspecified atom stereocenters. The van der Waals surface area contributed by atoms with E-state index in [0.29, 0.717) is 23.8 Å². The fraction of sp³-hybridized carbons (Fsp3) is 0.652. The minimum Gasteiger partial charge on any atom is -0.339 e. The van der Waals surface area contributed by atoms with Crippen LogP contribution in [0.25, 0.3) is 5.69 Å². The van der Waals surface area contributed by atoms with Crippen LogP contribution in [0.1, 0.15) is 57.2 Å². The summed E-state index contributed by atoms with van der Waals surface area (Å²) < 4.78 is 1.84. The number of piperidine rings is 1. The average molecular weight is 409 g/mol. The highest BCUT2D eigenvalue weighted by Crippen LogP contribution is 2.36. The molecule has 3 aliphatic rings. The summed E-state index contributed by atoms with van der Waals surface area (Å²) in [6.07, 6.45) is 9.44. The number of carbonyl (C=O) groups excluding carboxylic acids is 1. The number of hydrogen-bond donors (Lipinski definition) is 0. The number of tetrazole rings is 1. The molecule has 7 heteroatoms. The number of hydrogen-bond acceptors (Lipinski definition) is 5. The number of aromatic nitrogens is 4. The van der Waals surface area contributed by atoms with E-state index in [0.717, 1.165) is 63.4 Å². The van der Waals surface area contributed by atoms with Gasteiger partial charge in [0.2, 0.25) is 5.91 Å². The fourth-order valence-corrected chi connectivity index (χ4v) is 5.23. The van der Waals surface area contributed by atoms with Crippen LogP contribution in [0.3, 0.4) is 0 Å². The molecule has 1 aromatic heterocycles. The third-order valence-electron chi connectivity index (χ3n) is 7.09. The Kier molecular flexibility index (Phi) is 5.79. The van der Waals surface area contributed by atoms with E-state index in [2.05, 4.69) is 25.3 Å². The Hall–Kier alpha value is -2.28. The highest BCUT2D eigenvalue weighted by molar-refractivity contribution is 5.81. The zero-order chi connectivity index (χ0) is 20.3. The molecule has 1 aromatic carbocycles. The Bertz CT molecular complexity index is 840. The van der Waals surface area contributed by atoms with Crippen LogP contribution in [0, 0.1) is 11.8 Å². The zero-order valence-electron chi connectivity index (χ0n) is 17.7. The molecule has 5 rings (SSSR count). The Balaban J connectivity index is 1.21. The summed E-state index contributed by atoms with van der Waals surface area (Å²) in [5, 5.41) is 12.4. The van der Waals surface area contributed by atoms with Crippen molar-refractivity contribution in [2.45, 2.75) is 64.0 Å². The van der Waals surface area contributed by atoms with E-state index >= 15 is 0 Å². The molecule has 0 bridgehead atoms. The van der Waals surface area contributed by atoms with Crippen molar-refractivity contribution in [1.82, 2.24) is 30.0 Å². The lowest BCUT2D eigenvalue weighted by atomic mass is 9.86. The van der Waals surface area contributed by atoms with Crippen LogP contribution in [0.2, 0.25) is 0 Å². The summed E-state index contributed by atoms with van der Waals surface area (Å²) in [5.41, 5.74) is 1.00. The third-order valence-corrected chi connectivity index (χ3v) is 7.09. The predicted molar refractivity (Wildman–Crippen MR) is 114 cm³/mol. The van der Waals surface area contributed by atoms with Crippen molar-refractivity contribution >= 4 is 5.91 Å². The summed E-state index contributed by atoms with van der Waals surface area (Å²) in [5.74, 6) is 2.31. The van der Waals surface area contributed by atoms with E-state index in [9.17, 15) is 4.79 Å². The van der Waals surface area contributed by atoms with Crippen LogP contribution in [-0.2, 0) is 11.3 Å². The lowest BCUT2D eigenvalue weighted by molar-refractivity contribution is -0.136. The molecule has 3 heterocycles. The van der Waals surface area contributed by atoms with E-state index in [4.69, 9.17) is 0 Å². The van der Waals surface area contributed by atoms with Gasteiger partial charge in [0.1, 0.15) is 0 Å². The quantitative estimate of drug-likeness (QED) is 0.761. The highest BCUT2D eigenvalue weighted by Gasteiger charge is 2.39. The van der Waals surface area contributed by atoms with Crippen molar-refractivity contribution in [2.75, 3.05) is 19.6 Å². The van der Waals surface area contributed by atoms with Crippen LogP contribution in [0.4, 0.5) is 0 Å². The lowest BCUT2D eigenvalue weighted by Crippen LogP contribution is -2.48. The number of para-hydroxylation sites is 1. The average Bonchev–Trinajstić information content (AvgIpc) is 3.58. The summed E-state index contributed by atoms with van der Waals surface area (Å²) in [7, 11) is 0. The van der Waals surface area contributed by atoms with Gasteiger partial charge in [-0.05, 0) is 80.1 Å². The van der Waals surface area contributed by atoms with Crippen molar-refractivity contribution in [3.05, 3.63) is 36.2 Å². The Morgan fingerprint density at radius 2 is 1.73 bits per heavy atom. The van der Waals surface area contributed by atoms with Gasteiger partial charge >= 0.3 is 0 Å². The highest BCUT2D eigenvalue weighted by atomic mass is 16.2. The van der Waals surface area contributed by atoms with Crippen molar-refractivity contribution in [2.24, 2.45) is 11.8 Å². The SMILES string of the molecule is O=C(C1CC1)N1CCCCCC1C1CCN(Cc2nnnn2-c2ccccc2)CC1. The van der Waals surface area contributed by atoms with E-state index in [1.54, 1.807) is 0 Å². The van der Waals surface area contributed by atoms with Gasteiger partial charge in [0, 0.05) is 18.5 Å². The number of amides is 1.